The Morgan fingerprint density at radius 3 is 2.38 bits per heavy atom. The molecule has 1 heterocycles. The molecule has 2 aliphatic rings. The number of nitrogens with zero attached hydrogens (tertiary/aromatic N) is 1. The molecule has 13 heavy (non-hydrogen) atoms. The van der Waals surface area contributed by atoms with Crippen molar-refractivity contribution in [3.63, 3.8) is 0 Å². The molecule has 1 saturated heterocycles. The fourth-order valence-corrected chi connectivity index (χ4v) is 2.79. The Morgan fingerprint density at radius 2 is 1.85 bits per heavy atom. The fraction of sp³-hybridized carbons (Fsp3) is 0.833. The standard InChI is InChI=1S/C12H21N/c1-10(2)6-7-13-8-11-4-3-5-12(11)9-13/h6,11-12H,3-5,7-9H2,1-2H3. The van der Waals surface area contributed by atoms with E-state index >= 15 is 0 Å². The van der Waals surface area contributed by atoms with Crippen LogP contribution in [0.3, 0.4) is 0 Å². The highest BCUT2D eigenvalue weighted by Gasteiger charge is 2.35. The molecule has 2 atom stereocenters. The van der Waals surface area contributed by atoms with Gasteiger partial charge in [-0.05, 0) is 38.5 Å². The quantitative estimate of drug-likeness (QED) is 0.589. The minimum Gasteiger partial charge on any atom is -0.299 e. The summed E-state index contributed by atoms with van der Waals surface area (Å²) in [6.07, 6.45) is 6.85. The third kappa shape index (κ3) is 2.14. The molecule has 2 unspecified atom stereocenters. The molecule has 2 fully saturated rings. The predicted octanol–water partition coefficient (Wildman–Crippen LogP) is 2.68. The minimum absolute atomic E-state index is 1.05. The molecule has 1 aliphatic carbocycles. The minimum atomic E-state index is 1.05. The van der Waals surface area contributed by atoms with Crippen molar-refractivity contribution >= 4 is 0 Å². The molecule has 1 saturated carbocycles. The molecule has 0 spiro atoms. The van der Waals surface area contributed by atoms with E-state index < -0.39 is 0 Å². The molecule has 1 nitrogen and oxygen atoms in total. The highest BCUT2D eigenvalue weighted by atomic mass is 15.1. The summed E-state index contributed by atoms with van der Waals surface area (Å²) in [5.41, 5.74) is 1.46. The summed E-state index contributed by atoms with van der Waals surface area (Å²) in [4.78, 5) is 2.63. The van der Waals surface area contributed by atoms with E-state index in [1.54, 1.807) is 0 Å². The number of rotatable bonds is 2. The molecule has 1 heteroatoms. The molecule has 2 rings (SSSR count). The molecule has 0 amide bonds. The Kier molecular flexibility index (Phi) is 2.73. The van der Waals surface area contributed by atoms with Gasteiger partial charge in [0.2, 0.25) is 0 Å². The van der Waals surface area contributed by atoms with Crippen molar-refractivity contribution in [1.82, 2.24) is 4.90 Å². The largest absolute Gasteiger partial charge is 0.299 e. The van der Waals surface area contributed by atoms with Gasteiger partial charge in [-0.1, -0.05) is 18.1 Å². The fourth-order valence-electron chi connectivity index (χ4n) is 2.79. The first kappa shape index (κ1) is 9.26. The predicted molar refractivity (Wildman–Crippen MR) is 56.7 cm³/mol. The van der Waals surface area contributed by atoms with Crippen LogP contribution in [0.2, 0.25) is 0 Å². The van der Waals surface area contributed by atoms with Crippen LogP contribution in [0.4, 0.5) is 0 Å². The maximum atomic E-state index is 2.63. The molecule has 0 N–H and O–H groups in total. The average Bonchev–Trinajstić information content (AvgIpc) is 2.58. The van der Waals surface area contributed by atoms with E-state index in [9.17, 15) is 0 Å². The van der Waals surface area contributed by atoms with Crippen LogP contribution in [-0.2, 0) is 0 Å². The van der Waals surface area contributed by atoms with Gasteiger partial charge >= 0.3 is 0 Å². The van der Waals surface area contributed by atoms with Gasteiger partial charge in [0.25, 0.3) is 0 Å². The van der Waals surface area contributed by atoms with Crippen molar-refractivity contribution in [1.29, 1.82) is 0 Å². The highest BCUT2D eigenvalue weighted by Crippen LogP contribution is 2.37. The lowest BCUT2D eigenvalue weighted by molar-refractivity contribution is 0.343. The van der Waals surface area contributed by atoms with Crippen molar-refractivity contribution in [2.45, 2.75) is 33.1 Å². The van der Waals surface area contributed by atoms with Crippen molar-refractivity contribution in [2.75, 3.05) is 19.6 Å². The molecule has 1 aliphatic heterocycles. The Balaban J connectivity index is 1.82. The maximum Gasteiger partial charge on any atom is 0.0165 e. The van der Waals surface area contributed by atoms with Crippen LogP contribution in [0, 0.1) is 11.8 Å². The first-order valence-corrected chi connectivity index (χ1v) is 5.61. The van der Waals surface area contributed by atoms with Gasteiger partial charge in [-0.3, -0.25) is 4.90 Å². The summed E-state index contributed by atoms with van der Waals surface area (Å²) in [6.45, 7) is 8.31. The van der Waals surface area contributed by atoms with Crippen LogP contribution in [0.5, 0.6) is 0 Å². The number of likely N-dealkylation sites (tertiary alicyclic amines) is 1. The van der Waals surface area contributed by atoms with Gasteiger partial charge in [-0.2, -0.15) is 0 Å². The molecule has 0 aromatic heterocycles. The van der Waals surface area contributed by atoms with Crippen LogP contribution >= 0.6 is 0 Å². The highest BCUT2D eigenvalue weighted by molar-refractivity contribution is 4.97. The Hall–Kier alpha value is -0.300. The van der Waals surface area contributed by atoms with Crippen molar-refractivity contribution in [3.8, 4) is 0 Å². The Morgan fingerprint density at radius 1 is 1.23 bits per heavy atom. The van der Waals surface area contributed by atoms with E-state index in [1.165, 1.54) is 44.5 Å². The molecular weight excluding hydrogens is 158 g/mol. The summed E-state index contributed by atoms with van der Waals surface area (Å²) in [7, 11) is 0. The summed E-state index contributed by atoms with van der Waals surface area (Å²) in [6, 6.07) is 0. The number of hydrogen-bond acceptors (Lipinski definition) is 1. The van der Waals surface area contributed by atoms with Crippen LogP contribution in [0.25, 0.3) is 0 Å². The SMILES string of the molecule is CC(C)=CCN1CC2CCCC2C1. The van der Waals surface area contributed by atoms with Gasteiger partial charge in [-0.15, -0.1) is 0 Å². The molecule has 0 aromatic carbocycles. The van der Waals surface area contributed by atoms with Gasteiger partial charge in [-0.25, -0.2) is 0 Å². The van der Waals surface area contributed by atoms with E-state index in [4.69, 9.17) is 0 Å². The second-order valence-electron chi connectivity index (χ2n) is 4.95. The zero-order valence-electron chi connectivity index (χ0n) is 8.92. The van der Waals surface area contributed by atoms with E-state index in [1.807, 2.05) is 0 Å². The Labute approximate surface area is 81.8 Å². The molecule has 0 radical (unpaired) electrons. The molecule has 74 valence electrons. The van der Waals surface area contributed by atoms with Gasteiger partial charge in [0.05, 0.1) is 0 Å². The second kappa shape index (κ2) is 3.83. The molecule has 0 aromatic rings. The van der Waals surface area contributed by atoms with Crippen LogP contribution < -0.4 is 0 Å². The summed E-state index contributed by atoms with van der Waals surface area (Å²) >= 11 is 0. The zero-order valence-corrected chi connectivity index (χ0v) is 8.92. The van der Waals surface area contributed by atoms with Gasteiger partial charge in [0.1, 0.15) is 0 Å². The zero-order chi connectivity index (χ0) is 9.26. The molecular formula is C12H21N. The van der Waals surface area contributed by atoms with Crippen LogP contribution in [0.15, 0.2) is 11.6 Å². The van der Waals surface area contributed by atoms with Gasteiger partial charge < -0.3 is 0 Å². The van der Waals surface area contributed by atoms with Crippen molar-refractivity contribution < 1.29 is 0 Å². The van der Waals surface area contributed by atoms with Gasteiger partial charge in [0, 0.05) is 19.6 Å². The van der Waals surface area contributed by atoms with Gasteiger partial charge in [0.15, 0.2) is 0 Å². The summed E-state index contributed by atoms with van der Waals surface area (Å²) in [5, 5.41) is 0. The molecule has 0 bridgehead atoms. The van der Waals surface area contributed by atoms with E-state index in [0.717, 1.165) is 11.8 Å². The smallest absolute Gasteiger partial charge is 0.0165 e. The third-order valence-electron chi connectivity index (χ3n) is 3.56. The monoisotopic (exact) mass is 179 g/mol. The lowest BCUT2D eigenvalue weighted by atomic mass is 10.0. The van der Waals surface area contributed by atoms with Crippen molar-refractivity contribution in [2.24, 2.45) is 11.8 Å². The number of hydrogen-bond donors (Lipinski definition) is 0. The maximum absolute atomic E-state index is 2.63. The van der Waals surface area contributed by atoms with Crippen LogP contribution in [-0.4, -0.2) is 24.5 Å². The van der Waals surface area contributed by atoms with Crippen LogP contribution in [0.1, 0.15) is 33.1 Å². The summed E-state index contributed by atoms with van der Waals surface area (Å²) < 4.78 is 0. The normalized spacial score (nSPS) is 33.4. The number of fused-ring (bicyclic) bond motifs is 1. The topological polar surface area (TPSA) is 3.24 Å². The third-order valence-corrected chi connectivity index (χ3v) is 3.56. The van der Waals surface area contributed by atoms with E-state index in [0.29, 0.717) is 0 Å². The summed E-state index contributed by atoms with van der Waals surface area (Å²) in [5.74, 6) is 2.09. The first-order chi connectivity index (χ1) is 6.25. The average molecular weight is 179 g/mol. The lowest BCUT2D eigenvalue weighted by Crippen LogP contribution is -2.21. The second-order valence-corrected chi connectivity index (χ2v) is 4.95. The first-order valence-electron chi connectivity index (χ1n) is 5.61. The Bertz CT molecular complexity index is 191. The van der Waals surface area contributed by atoms with E-state index in [2.05, 4.69) is 24.8 Å². The van der Waals surface area contributed by atoms with E-state index in [-0.39, 0.29) is 0 Å². The number of allylic oxidation sites excluding steroid dienone is 1. The lowest BCUT2D eigenvalue weighted by Gasteiger charge is -2.14. The van der Waals surface area contributed by atoms with Crippen molar-refractivity contribution in [3.05, 3.63) is 11.6 Å².